The molecule has 84 valence electrons. The lowest BCUT2D eigenvalue weighted by Crippen LogP contribution is -1.98. The van der Waals surface area contributed by atoms with Gasteiger partial charge in [0, 0.05) is 11.6 Å². The Balaban J connectivity index is 3.35. The monoisotopic (exact) mass is 286 g/mol. The first-order valence-electron chi connectivity index (χ1n) is 4.16. The van der Waals surface area contributed by atoms with E-state index in [4.69, 9.17) is 0 Å². The summed E-state index contributed by atoms with van der Waals surface area (Å²) < 4.78 is 0. The number of non-ortho nitro benzene ring substituents is 1. The van der Waals surface area contributed by atoms with Gasteiger partial charge in [-0.05, 0) is 6.07 Å². The van der Waals surface area contributed by atoms with Crippen LogP contribution in [-0.2, 0) is 0 Å². The highest BCUT2D eigenvalue weighted by Gasteiger charge is 2.22. The van der Waals surface area contributed by atoms with Gasteiger partial charge in [0.1, 0.15) is 0 Å². The van der Waals surface area contributed by atoms with Gasteiger partial charge < -0.3 is 0 Å². The van der Waals surface area contributed by atoms with E-state index in [1.807, 2.05) is 0 Å². The van der Waals surface area contributed by atoms with Crippen LogP contribution in [0.1, 0.15) is 10.4 Å². The van der Waals surface area contributed by atoms with Gasteiger partial charge in [-0.15, -0.1) is 6.58 Å². The molecule has 0 radical (unpaired) electrons. The summed E-state index contributed by atoms with van der Waals surface area (Å²) in [6.45, 7) is 3.49. The van der Waals surface area contributed by atoms with Crippen molar-refractivity contribution in [3.8, 4) is 0 Å². The van der Waals surface area contributed by atoms with Crippen LogP contribution < -0.4 is 0 Å². The molecular weight excluding hydrogens is 280 g/mol. The minimum Gasteiger partial charge on any atom is -0.258 e. The van der Waals surface area contributed by atoms with Crippen molar-refractivity contribution in [3.05, 3.63) is 56.6 Å². The minimum atomic E-state index is -0.673. The van der Waals surface area contributed by atoms with E-state index in [1.54, 1.807) is 0 Å². The van der Waals surface area contributed by atoms with Gasteiger partial charge in [0.05, 0.1) is 20.7 Å². The summed E-state index contributed by atoms with van der Waals surface area (Å²) >= 11 is 3.17. The zero-order valence-corrected chi connectivity index (χ0v) is 9.59. The summed E-state index contributed by atoms with van der Waals surface area (Å²) in [6, 6.07) is 3.50. The van der Waals surface area contributed by atoms with Crippen LogP contribution in [0.4, 0.5) is 11.4 Å². The average Bonchev–Trinajstić information content (AvgIpc) is 2.26. The van der Waals surface area contributed by atoms with E-state index in [1.165, 1.54) is 18.2 Å². The fourth-order valence-corrected chi connectivity index (χ4v) is 1.55. The number of nitro groups is 2. The predicted molar refractivity (Wildman–Crippen MR) is 61.6 cm³/mol. The maximum absolute atomic E-state index is 10.7. The molecule has 0 bridgehead atoms. The summed E-state index contributed by atoms with van der Waals surface area (Å²) in [6.07, 6.45) is 1.47. The molecule has 0 fully saturated rings. The quantitative estimate of drug-likeness (QED) is 0.368. The summed E-state index contributed by atoms with van der Waals surface area (Å²) in [5.41, 5.74) is -0.263. The number of nitrogens with zero attached hydrogens (tertiary/aromatic N) is 2. The molecule has 1 aromatic rings. The summed E-state index contributed by atoms with van der Waals surface area (Å²) in [4.78, 5) is 19.5. The van der Waals surface area contributed by atoms with Crippen LogP contribution in [0.5, 0.6) is 0 Å². The fraction of sp³-hybridized carbons (Fsp3) is 0.111. The number of hydrogen-bond acceptors (Lipinski definition) is 4. The Kier molecular flexibility index (Phi) is 3.73. The first-order chi connectivity index (χ1) is 7.47. The Morgan fingerprint density at radius 1 is 1.31 bits per heavy atom. The molecule has 0 saturated carbocycles. The number of halogens is 1. The van der Waals surface area contributed by atoms with E-state index in [9.17, 15) is 20.2 Å². The van der Waals surface area contributed by atoms with Gasteiger partial charge in [0.25, 0.3) is 11.4 Å². The van der Waals surface area contributed by atoms with Gasteiger partial charge in [-0.25, -0.2) is 0 Å². The highest BCUT2D eigenvalue weighted by Crippen LogP contribution is 2.34. The number of rotatable bonds is 4. The highest BCUT2D eigenvalue weighted by atomic mass is 79.9. The second kappa shape index (κ2) is 4.84. The molecule has 0 amide bonds. The molecule has 0 N–H and O–H groups in total. The number of nitro benzene ring substituents is 2. The number of benzene rings is 1. The Hall–Kier alpha value is -1.76. The Bertz CT molecular complexity index is 461. The van der Waals surface area contributed by atoms with Crippen molar-refractivity contribution in [3.63, 3.8) is 0 Å². The SMILES string of the molecule is C=CC(Br)c1ccc([N+](=O)[O-])cc1[N+](=O)[O-]. The summed E-state index contributed by atoms with van der Waals surface area (Å²) in [5, 5.41) is 21.2. The topological polar surface area (TPSA) is 86.3 Å². The molecule has 0 spiro atoms. The van der Waals surface area contributed by atoms with Crippen molar-refractivity contribution in [1.29, 1.82) is 0 Å². The molecule has 16 heavy (non-hydrogen) atoms. The largest absolute Gasteiger partial charge is 0.280 e. The van der Waals surface area contributed by atoms with Crippen molar-refractivity contribution < 1.29 is 9.85 Å². The second-order valence-corrected chi connectivity index (χ2v) is 3.88. The number of alkyl halides is 1. The normalized spacial score (nSPS) is 11.8. The van der Waals surface area contributed by atoms with Gasteiger partial charge >= 0.3 is 0 Å². The molecule has 0 saturated heterocycles. The lowest BCUT2D eigenvalue weighted by atomic mass is 10.1. The predicted octanol–water partition coefficient (Wildman–Crippen LogP) is 3.13. The van der Waals surface area contributed by atoms with Gasteiger partial charge in [0.15, 0.2) is 0 Å². The van der Waals surface area contributed by atoms with Crippen LogP contribution in [0.3, 0.4) is 0 Å². The van der Waals surface area contributed by atoms with Crippen LogP contribution in [-0.4, -0.2) is 9.85 Å². The van der Waals surface area contributed by atoms with Crippen molar-refractivity contribution >= 4 is 27.3 Å². The Morgan fingerprint density at radius 2 is 1.94 bits per heavy atom. The van der Waals surface area contributed by atoms with E-state index in [-0.39, 0.29) is 11.4 Å². The molecule has 0 heterocycles. The third-order valence-electron chi connectivity index (χ3n) is 1.93. The van der Waals surface area contributed by atoms with Crippen LogP contribution in [0.15, 0.2) is 30.9 Å². The third kappa shape index (κ3) is 2.43. The van der Waals surface area contributed by atoms with Crippen LogP contribution in [0.2, 0.25) is 0 Å². The van der Waals surface area contributed by atoms with Crippen LogP contribution >= 0.6 is 15.9 Å². The maximum atomic E-state index is 10.7. The number of allylic oxidation sites excluding steroid dienone is 1. The summed E-state index contributed by atoms with van der Waals surface area (Å²) in [5.74, 6) is 0. The molecule has 1 aromatic carbocycles. The lowest BCUT2D eigenvalue weighted by Gasteiger charge is -2.05. The molecule has 0 aliphatic heterocycles. The van der Waals surface area contributed by atoms with Gasteiger partial charge in [-0.1, -0.05) is 22.0 Å². The fourth-order valence-electron chi connectivity index (χ4n) is 1.16. The van der Waals surface area contributed by atoms with Gasteiger partial charge in [0.2, 0.25) is 0 Å². The average molecular weight is 287 g/mol. The highest BCUT2D eigenvalue weighted by molar-refractivity contribution is 9.09. The molecule has 1 unspecified atom stereocenters. The van der Waals surface area contributed by atoms with E-state index in [2.05, 4.69) is 22.5 Å². The summed E-state index contributed by atoms with van der Waals surface area (Å²) in [7, 11) is 0. The second-order valence-electron chi connectivity index (χ2n) is 2.89. The zero-order chi connectivity index (χ0) is 12.3. The molecular formula is C9H7BrN2O4. The molecule has 1 atom stereocenters. The van der Waals surface area contributed by atoms with E-state index >= 15 is 0 Å². The minimum absolute atomic E-state index is 0.295. The van der Waals surface area contributed by atoms with E-state index in [0.717, 1.165) is 6.07 Å². The molecule has 0 aliphatic carbocycles. The Labute approximate surface area is 99.0 Å². The Morgan fingerprint density at radius 3 is 2.38 bits per heavy atom. The first kappa shape index (κ1) is 12.3. The van der Waals surface area contributed by atoms with Crippen molar-refractivity contribution in [2.75, 3.05) is 0 Å². The van der Waals surface area contributed by atoms with Crippen LogP contribution in [0, 0.1) is 20.2 Å². The third-order valence-corrected chi connectivity index (χ3v) is 2.79. The zero-order valence-electron chi connectivity index (χ0n) is 8.00. The lowest BCUT2D eigenvalue weighted by molar-refractivity contribution is -0.394. The van der Waals surface area contributed by atoms with E-state index in [0.29, 0.717) is 5.56 Å². The van der Waals surface area contributed by atoms with Crippen molar-refractivity contribution in [2.45, 2.75) is 4.83 Å². The smallest absolute Gasteiger partial charge is 0.258 e. The van der Waals surface area contributed by atoms with E-state index < -0.39 is 14.7 Å². The standard InChI is InChI=1S/C9H7BrN2O4/c1-2-8(10)7-4-3-6(11(13)14)5-9(7)12(15)16/h2-5,8H,1H2. The van der Waals surface area contributed by atoms with Crippen LogP contribution in [0.25, 0.3) is 0 Å². The van der Waals surface area contributed by atoms with Crippen molar-refractivity contribution in [1.82, 2.24) is 0 Å². The maximum Gasteiger partial charge on any atom is 0.280 e. The first-order valence-corrected chi connectivity index (χ1v) is 5.08. The molecule has 7 heteroatoms. The van der Waals surface area contributed by atoms with Gasteiger partial charge in [-0.3, -0.25) is 20.2 Å². The molecule has 0 aliphatic rings. The molecule has 0 aromatic heterocycles. The van der Waals surface area contributed by atoms with Gasteiger partial charge in [-0.2, -0.15) is 0 Å². The molecule has 1 rings (SSSR count). The van der Waals surface area contributed by atoms with Crippen molar-refractivity contribution in [2.24, 2.45) is 0 Å². The number of hydrogen-bond donors (Lipinski definition) is 0. The molecule has 6 nitrogen and oxygen atoms in total.